The van der Waals surface area contributed by atoms with E-state index < -0.39 is 20.9 Å². The van der Waals surface area contributed by atoms with Crippen LogP contribution in [0.1, 0.15) is 20.8 Å². The van der Waals surface area contributed by atoms with Gasteiger partial charge in [-0.1, -0.05) is 0 Å². The van der Waals surface area contributed by atoms with E-state index in [0.29, 0.717) is 13.2 Å². The number of rotatable bonds is 8. The van der Waals surface area contributed by atoms with Crippen LogP contribution in [0.3, 0.4) is 0 Å². The quantitative estimate of drug-likeness (QED) is 0.482. The van der Waals surface area contributed by atoms with Gasteiger partial charge in [0.25, 0.3) is 0 Å². The summed E-state index contributed by atoms with van der Waals surface area (Å²) in [5.41, 5.74) is 0. The lowest BCUT2D eigenvalue weighted by Gasteiger charge is -2.16. The second kappa shape index (κ2) is 8.97. The Morgan fingerprint density at radius 2 is 1.73 bits per heavy atom. The Morgan fingerprint density at radius 1 is 1.20 bits per heavy atom. The SMILES string of the molecule is CCOC(=O)C(F)OP(OCC)OCC. The lowest BCUT2D eigenvalue weighted by Crippen LogP contribution is -2.21. The fourth-order valence-corrected chi connectivity index (χ4v) is 1.49. The van der Waals surface area contributed by atoms with Gasteiger partial charge in [-0.2, -0.15) is 0 Å². The molecule has 0 aromatic heterocycles. The van der Waals surface area contributed by atoms with Gasteiger partial charge in [0.15, 0.2) is 0 Å². The number of carbonyl (C=O) groups excluding carboxylic acids is 1. The number of ether oxygens (including phenoxy) is 1. The van der Waals surface area contributed by atoms with Gasteiger partial charge in [-0.15, -0.1) is 0 Å². The van der Waals surface area contributed by atoms with E-state index in [9.17, 15) is 9.18 Å². The van der Waals surface area contributed by atoms with Crippen molar-refractivity contribution in [3.05, 3.63) is 0 Å². The molecular weight excluding hydrogens is 226 g/mol. The average Bonchev–Trinajstić information content (AvgIpc) is 2.18. The Morgan fingerprint density at radius 3 is 2.13 bits per heavy atom. The van der Waals surface area contributed by atoms with Crippen molar-refractivity contribution in [3.63, 3.8) is 0 Å². The summed E-state index contributed by atoms with van der Waals surface area (Å²) < 4.78 is 32.0. The van der Waals surface area contributed by atoms with Crippen LogP contribution in [0.5, 0.6) is 0 Å². The molecule has 1 atom stereocenters. The highest BCUT2D eigenvalue weighted by Gasteiger charge is 2.25. The van der Waals surface area contributed by atoms with Gasteiger partial charge in [-0.25, -0.2) is 9.18 Å². The van der Waals surface area contributed by atoms with Crippen molar-refractivity contribution in [1.29, 1.82) is 0 Å². The van der Waals surface area contributed by atoms with Gasteiger partial charge in [0.1, 0.15) is 0 Å². The molecule has 0 bridgehead atoms. The van der Waals surface area contributed by atoms with Gasteiger partial charge in [0.2, 0.25) is 0 Å². The normalized spacial score (nSPS) is 12.9. The van der Waals surface area contributed by atoms with Crippen molar-refractivity contribution >= 4 is 14.6 Å². The zero-order valence-corrected chi connectivity index (χ0v) is 9.96. The maximum absolute atomic E-state index is 13.0. The molecule has 1 unspecified atom stereocenters. The van der Waals surface area contributed by atoms with Crippen molar-refractivity contribution in [3.8, 4) is 0 Å². The van der Waals surface area contributed by atoms with Crippen LogP contribution in [0.15, 0.2) is 0 Å². The fraction of sp³-hybridized carbons (Fsp3) is 0.875. The number of hydrogen-bond acceptors (Lipinski definition) is 5. The lowest BCUT2D eigenvalue weighted by atomic mass is 10.7. The van der Waals surface area contributed by atoms with E-state index in [0.717, 1.165) is 0 Å². The molecule has 0 rings (SSSR count). The first-order chi connectivity index (χ1) is 7.15. The first-order valence-corrected chi connectivity index (χ1v) is 5.78. The van der Waals surface area contributed by atoms with Crippen LogP contribution in [0.4, 0.5) is 4.39 Å². The average molecular weight is 242 g/mol. The molecule has 5 nitrogen and oxygen atoms in total. The van der Waals surface area contributed by atoms with Gasteiger partial charge in [0, 0.05) is 0 Å². The largest absolute Gasteiger partial charge is 0.462 e. The van der Waals surface area contributed by atoms with Crippen LogP contribution < -0.4 is 0 Å². The molecular formula is C8H16FO5P. The summed E-state index contributed by atoms with van der Waals surface area (Å²) in [6, 6.07) is 0. The summed E-state index contributed by atoms with van der Waals surface area (Å²) in [4.78, 5) is 10.9. The van der Waals surface area contributed by atoms with Gasteiger partial charge in [-0.05, 0) is 20.8 Å². The molecule has 0 fully saturated rings. The van der Waals surface area contributed by atoms with Gasteiger partial charge >= 0.3 is 20.9 Å². The maximum Gasteiger partial charge on any atom is 0.369 e. The third kappa shape index (κ3) is 6.73. The highest BCUT2D eigenvalue weighted by Crippen LogP contribution is 2.41. The second-order valence-electron chi connectivity index (χ2n) is 2.23. The van der Waals surface area contributed by atoms with Crippen LogP contribution in [-0.2, 0) is 23.1 Å². The standard InChI is InChI=1S/C8H16FO5P/c1-4-11-8(10)7(9)14-15(12-5-2)13-6-3/h7H,4-6H2,1-3H3. The second-order valence-corrected chi connectivity index (χ2v) is 3.41. The van der Waals surface area contributed by atoms with Gasteiger partial charge < -0.3 is 13.8 Å². The molecule has 0 amide bonds. The minimum atomic E-state index is -2.16. The fourth-order valence-electron chi connectivity index (χ4n) is 0.635. The van der Waals surface area contributed by atoms with Crippen molar-refractivity contribution < 1.29 is 27.5 Å². The Kier molecular flexibility index (Phi) is 8.80. The van der Waals surface area contributed by atoms with Crippen LogP contribution in [0, 0.1) is 0 Å². The van der Waals surface area contributed by atoms with E-state index in [1.165, 1.54) is 0 Å². The summed E-state index contributed by atoms with van der Waals surface area (Å²) in [5, 5.41) is 0. The smallest absolute Gasteiger partial charge is 0.369 e. The highest BCUT2D eigenvalue weighted by atomic mass is 31.2. The summed E-state index contributed by atoms with van der Waals surface area (Å²) in [6.07, 6.45) is -2.16. The van der Waals surface area contributed by atoms with E-state index in [1.807, 2.05) is 0 Å². The zero-order chi connectivity index (χ0) is 11.7. The minimum absolute atomic E-state index is 0.101. The van der Waals surface area contributed by atoms with E-state index in [-0.39, 0.29) is 6.61 Å². The topological polar surface area (TPSA) is 54.0 Å². The molecule has 0 N–H and O–H groups in total. The van der Waals surface area contributed by atoms with E-state index in [1.54, 1.807) is 20.8 Å². The molecule has 0 aliphatic carbocycles. The molecule has 7 heteroatoms. The van der Waals surface area contributed by atoms with Gasteiger partial charge in [-0.3, -0.25) is 4.52 Å². The Bertz CT molecular complexity index is 174. The van der Waals surface area contributed by atoms with Crippen LogP contribution in [-0.4, -0.2) is 32.1 Å². The summed E-state index contributed by atoms with van der Waals surface area (Å²) >= 11 is 0. The number of hydrogen-bond donors (Lipinski definition) is 0. The van der Waals surface area contributed by atoms with Crippen LogP contribution in [0.2, 0.25) is 0 Å². The Balaban J connectivity index is 3.96. The summed E-state index contributed by atoms with van der Waals surface area (Å²) in [5.74, 6) is -1.07. The van der Waals surface area contributed by atoms with E-state index >= 15 is 0 Å². The zero-order valence-electron chi connectivity index (χ0n) is 9.07. The number of alkyl halides is 1. The first kappa shape index (κ1) is 14.7. The number of esters is 1. The molecule has 0 saturated heterocycles. The predicted octanol–water partition coefficient (Wildman–Crippen LogP) is 2.16. The Labute approximate surface area is 89.8 Å². The van der Waals surface area contributed by atoms with Crippen LogP contribution >= 0.6 is 8.60 Å². The molecule has 0 aromatic rings. The molecule has 0 saturated carbocycles. The summed E-state index contributed by atoms with van der Waals surface area (Å²) in [7, 11) is -1.82. The van der Waals surface area contributed by atoms with E-state index in [2.05, 4.69) is 9.26 Å². The molecule has 0 aliphatic rings. The van der Waals surface area contributed by atoms with Crippen molar-refractivity contribution in [1.82, 2.24) is 0 Å². The molecule has 0 aliphatic heterocycles. The van der Waals surface area contributed by atoms with E-state index in [4.69, 9.17) is 9.05 Å². The number of halogens is 1. The third-order valence-corrected chi connectivity index (χ3v) is 2.41. The Hall–Kier alpha value is -0.290. The van der Waals surface area contributed by atoms with Gasteiger partial charge in [0.05, 0.1) is 19.8 Å². The lowest BCUT2D eigenvalue weighted by molar-refractivity contribution is -0.160. The van der Waals surface area contributed by atoms with Crippen molar-refractivity contribution in [2.24, 2.45) is 0 Å². The predicted molar refractivity (Wildman–Crippen MR) is 52.8 cm³/mol. The van der Waals surface area contributed by atoms with Crippen molar-refractivity contribution in [2.45, 2.75) is 27.1 Å². The minimum Gasteiger partial charge on any atom is -0.462 e. The molecule has 15 heavy (non-hydrogen) atoms. The first-order valence-electron chi connectivity index (χ1n) is 4.69. The monoisotopic (exact) mass is 242 g/mol. The highest BCUT2D eigenvalue weighted by molar-refractivity contribution is 7.41. The van der Waals surface area contributed by atoms with Crippen LogP contribution in [0.25, 0.3) is 0 Å². The molecule has 0 heterocycles. The summed E-state index contributed by atoms with van der Waals surface area (Å²) in [6.45, 7) is 5.76. The molecule has 0 aromatic carbocycles. The molecule has 0 radical (unpaired) electrons. The number of carbonyl (C=O) groups is 1. The maximum atomic E-state index is 13.0. The van der Waals surface area contributed by atoms with Crippen molar-refractivity contribution in [2.75, 3.05) is 19.8 Å². The third-order valence-electron chi connectivity index (χ3n) is 1.12. The molecule has 90 valence electrons. The molecule has 0 spiro atoms.